The maximum atomic E-state index is 12.7. The third-order valence-electron chi connectivity index (χ3n) is 4.75. The Kier molecular flexibility index (Phi) is 4.63. The summed E-state index contributed by atoms with van der Waals surface area (Å²) in [7, 11) is 1.59. The minimum absolute atomic E-state index is 0.106. The number of hydrogen-bond acceptors (Lipinski definition) is 5. The number of rotatable bonds is 4. The summed E-state index contributed by atoms with van der Waals surface area (Å²) in [5.41, 5.74) is 0.621. The molecule has 2 heterocycles. The zero-order valence-corrected chi connectivity index (χ0v) is 13.7. The van der Waals surface area contributed by atoms with Gasteiger partial charge in [0.15, 0.2) is 0 Å². The fourth-order valence-corrected chi connectivity index (χ4v) is 3.29. The number of methoxy groups -OCH3 is 1. The van der Waals surface area contributed by atoms with E-state index in [1.54, 1.807) is 31.4 Å². The molecule has 124 valence electrons. The number of carbonyl (C=O) groups excluding carboxylic acids is 2. The predicted octanol–water partition coefficient (Wildman–Crippen LogP) is 0.965. The molecule has 1 atom stereocenters. The van der Waals surface area contributed by atoms with E-state index < -0.39 is 0 Å². The van der Waals surface area contributed by atoms with E-state index in [1.807, 2.05) is 0 Å². The standard InChI is InChI=1S/C17H23N3O3/c1-3-18-8-10-19(11-9-18)15-12-16(21)20(17(15)22)13-4-6-14(23-2)7-5-13/h4-7,15H,3,8-12H2,1-2H3/t15-/m0/s1. The Balaban J connectivity index is 1.72. The second-order valence-corrected chi connectivity index (χ2v) is 5.96. The van der Waals surface area contributed by atoms with Gasteiger partial charge < -0.3 is 9.64 Å². The number of nitrogens with zero attached hydrogens (tertiary/aromatic N) is 3. The van der Waals surface area contributed by atoms with Crippen LogP contribution in [0.5, 0.6) is 5.75 Å². The molecule has 23 heavy (non-hydrogen) atoms. The molecule has 0 N–H and O–H groups in total. The van der Waals surface area contributed by atoms with Crippen molar-refractivity contribution in [1.82, 2.24) is 9.80 Å². The molecule has 2 aliphatic rings. The van der Waals surface area contributed by atoms with Crippen molar-refractivity contribution < 1.29 is 14.3 Å². The normalized spacial score (nSPS) is 23.6. The first-order valence-electron chi connectivity index (χ1n) is 8.11. The molecular formula is C17H23N3O3. The Labute approximate surface area is 136 Å². The summed E-state index contributed by atoms with van der Waals surface area (Å²) in [5.74, 6) is 0.480. The van der Waals surface area contributed by atoms with Crippen molar-refractivity contribution in [2.75, 3.05) is 44.7 Å². The van der Waals surface area contributed by atoms with Crippen molar-refractivity contribution in [3.63, 3.8) is 0 Å². The lowest BCUT2D eigenvalue weighted by molar-refractivity contribution is -0.123. The van der Waals surface area contributed by atoms with Gasteiger partial charge in [-0.05, 0) is 30.8 Å². The zero-order chi connectivity index (χ0) is 16.4. The van der Waals surface area contributed by atoms with Gasteiger partial charge in [-0.3, -0.25) is 14.5 Å². The summed E-state index contributed by atoms with van der Waals surface area (Å²) in [5, 5.41) is 0. The third-order valence-corrected chi connectivity index (χ3v) is 4.75. The van der Waals surface area contributed by atoms with Gasteiger partial charge in [0, 0.05) is 26.2 Å². The lowest BCUT2D eigenvalue weighted by atomic mass is 10.1. The van der Waals surface area contributed by atoms with Crippen molar-refractivity contribution in [3.05, 3.63) is 24.3 Å². The molecule has 6 heteroatoms. The number of anilines is 1. The molecule has 2 amide bonds. The van der Waals surface area contributed by atoms with Crippen LogP contribution < -0.4 is 9.64 Å². The molecule has 0 unspecified atom stereocenters. The zero-order valence-electron chi connectivity index (χ0n) is 13.7. The maximum Gasteiger partial charge on any atom is 0.251 e. The summed E-state index contributed by atoms with van der Waals surface area (Å²) in [6.07, 6.45) is 0.275. The largest absolute Gasteiger partial charge is 0.497 e. The molecule has 2 aliphatic heterocycles. The van der Waals surface area contributed by atoms with Crippen LogP contribution in [0.2, 0.25) is 0 Å². The number of ether oxygens (including phenoxy) is 1. The average molecular weight is 317 g/mol. The highest BCUT2D eigenvalue weighted by atomic mass is 16.5. The Morgan fingerprint density at radius 3 is 2.30 bits per heavy atom. The number of hydrogen-bond donors (Lipinski definition) is 0. The Morgan fingerprint density at radius 1 is 1.09 bits per heavy atom. The van der Waals surface area contributed by atoms with Crippen LogP contribution in [0.4, 0.5) is 5.69 Å². The Hall–Kier alpha value is -1.92. The van der Waals surface area contributed by atoms with E-state index in [0.717, 1.165) is 32.7 Å². The Bertz CT molecular complexity index is 579. The lowest BCUT2D eigenvalue weighted by Gasteiger charge is -2.36. The van der Waals surface area contributed by atoms with E-state index in [2.05, 4.69) is 16.7 Å². The summed E-state index contributed by atoms with van der Waals surface area (Å²) in [6.45, 7) is 6.77. The number of carbonyl (C=O) groups is 2. The number of likely N-dealkylation sites (N-methyl/N-ethyl adjacent to an activating group) is 1. The van der Waals surface area contributed by atoms with Crippen LogP contribution in [0.3, 0.4) is 0 Å². The second kappa shape index (κ2) is 6.68. The molecule has 2 fully saturated rings. The van der Waals surface area contributed by atoms with E-state index >= 15 is 0 Å². The first-order valence-corrected chi connectivity index (χ1v) is 8.11. The average Bonchev–Trinajstić information content (AvgIpc) is 2.89. The molecule has 0 radical (unpaired) electrons. The van der Waals surface area contributed by atoms with E-state index in [0.29, 0.717) is 11.4 Å². The minimum atomic E-state index is -0.316. The molecule has 0 bridgehead atoms. The van der Waals surface area contributed by atoms with E-state index in [1.165, 1.54) is 4.90 Å². The van der Waals surface area contributed by atoms with Crippen LogP contribution in [-0.2, 0) is 9.59 Å². The van der Waals surface area contributed by atoms with Crippen LogP contribution in [0.15, 0.2) is 24.3 Å². The van der Waals surface area contributed by atoms with Crippen LogP contribution in [0.1, 0.15) is 13.3 Å². The highest BCUT2D eigenvalue weighted by molar-refractivity contribution is 6.22. The first-order chi connectivity index (χ1) is 11.1. The maximum absolute atomic E-state index is 12.7. The molecule has 2 saturated heterocycles. The monoisotopic (exact) mass is 317 g/mol. The minimum Gasteiger partial charge on any atom is -0.497 e. The van der Waals surface area contributed by atoms with Gasteiger partial charge in [-0.25, -0.2) is 4.90 Å². The SMILES string of the molecule is CCN1CCN([C@H]2CC(=O)N(c3ccc(OC)cc3)C2=O)CC1. The third kappa shape index (κ3) is 3.09. The van der Waals surface area contributed by atoms with Crippen molar-refractivity contribution in [2.24, 2.45) is 0 Å². The second-order valence-electron chi connectivity index (χ2n) is 5.96. The smallest absolute Gasteiger partial charge is 0.251 e. The number of piperazine rings is 1. The quantitative estimate of drug-likeness (QED) is 0.775. The van der Waals surface area contributed by atoms with Gasteiger partial charge in [0.25, 0.3) is 5.91 Å². The number of imide groups is 1. The van der Waals surface area contributed by atoms with E-state index in [9.17, 15) is 9.59 Å². The highest BCUT2D eigenvalue weighted by Gasteiger charge is 2.43. The topological polar surface area (TPSA) is 53.1 Å². The van der Waals surface area contributed by atoms with Gasteiger partial charge in [-0.2, -0.15) is 0 Å². The van der Waals surface area contributed by atoms with Crippen LogP contribution in [0.25, 0.3) is 0 Å². The van der Waals surface area contributed by atoms with Gasteiger partial charge in [0.1, 0.15) is 5.75 Å². The molecule has 3 rings (SSSR count). The molecule has 0 spiro atoms. The molecule has 6 nitrogen and oxygen atoms in total. The fraction of sp³-hybridized carbons (Fsp3) is 0.529. The van der Waals surface area contributed by atoms with Gasteiger partial charge in [0.05, 0.1) is 25.3 Å². The predicted molar refractivity (Wildman–Crippen MR) is 87.6 cm³/mol. The van der Waals surface area contributed by atoms with Gasteiger partial charge in [0.2, 0.25) is 5.91 Å². The number of amides is 2. The van der Waals surface area contributed by atoms with Crippen LogP contribution >= 0.6 is 0 Å². The molecule has 0 saturated carbocycles. The van der Waals surface area contributed by atoms with Gasteiger partial charge in [-0.1, -0.05) is 6.92 Å². The van der Waals surface area contributed by atoms with E-state index in [4.69, 9.17) is 4.74 Å². The van der Waals surface area contributed by atoms with Crippen molar-refractivity contribution in [3.8, 4) is 5.75 Å². The molecule has 0 aliphatic carbocycles. The molecular weight excluding hydrogens is 294 g/mol. The first kappa shape index (κ1) is 16.0. The van der Waals surface area contributed by atoms with Crippen molar-refractivity contribution >= 4 is 17.5 Å². The lowest BCUT2D eigenvalue weighted by Crippen LogP contribution is -2.52. The summed E-state index contributed by atoms with van der Waals surface area (Å²) in [4.78, 5) is 30.9. The number of benzene rings is 1. The summed E-state index contributed by atoms with van der Waals surface area (Å²) >= 11 is 0. The highest BCUT2D eigenvalue weighted by Crippen LogP contribution is 2.27. The fourth-order valence-electron chi connectivity index (χ4n) is 3.29. The van der Waals surface area contributed by atoms with Crippen molar-refractivity contribution in [1.29, 1.82) is 0 Å². The summed E-state index contributed by atoms with van der Waals surface area (Å²) in [6, 6.07) is 6.73. The van der Waals surface area contributed by atoms with Crippen molar-refractivity contribution in [2.45, 2.75) is 19.4 Å². The molecule has 0 aromatic heterocycles. The van der Waals surface area contributed by atoms with Gasteiger partial charge in [-0.15, -0.1) is 0 Å². The van der Waals surface area contributed by atoms with E-state index in [-0.39, 0.29) is 24.3 Å². The Morgan fingerprint density at radius 2 is 1.74 bits per heavy atom. The molecule has 1 aromatic carbocycles. The van der Waals surface area contributed by atoms with Gasteiger partial charge >= 0.3 is 0 Å². The summed E-state index contributed by atoms with van der Waals surface area (Å²) < 4.78 is 5.12. The molecule has 1 aromatic rings. The van der Waals surface area contributed by atoms with Crippen LogP contribution in [0, 0.1) is 0 Å². The van der Waals surface area contributed by atoms with Crippen LogP contribution in [-0.4, -0.2) is 67.5 Å².